The summed E-state index contributed by atoms with van der Waals surface area (Å²) < 4.78 is 15.6. The van der Waals surface area contributed by atoms with Gasteiger partial charge in [0.25, 0.3) is 0 Å². The summed E-state index contributed by atoms with van der Waals surface area (Å²) in [5.41, 5.74) is 6.54. The molecular weight excluding hydrogens is 265 g/mol. The van der Waals surface area contributed by atoms with E-state index >= 15 is 0 Å². The Hall–Kier alpha value is -1.39. The van der Waals surface area contributed by atoms with Crippen molar-refractivity contribution in [1.29, 1.82) is 0 Å². The van der Waals surface area contributed by atoms with Crippen molar-refractivity contribution in [2.24, 2.45) is 12.8 Å². The van der Waals surface area contributed by atoms with Gasteiger partial charge in [-0.15, -0.1) is 0 Å². The van der Waals surface area contributed by atoms with Gasteiger partial charge in [-0.25, -0.2) is 9.37 Å². The maximum Gasteiger partial charge on any atom is 0.127 e. The predicted molar refractivity (Wildman–Crippen MR) is 74.6 cm³/mol. The van der Waals surface area contributed by atoms with E-state index in [-0.39, 0.29) is 11.9 Å². The van der Waals surface area contributed by atoms with E-state index < -0.39 is 0 Å². The highest BCUT2D eigenvalue weighted by Gasteiger charge is 2.12. The van der Waals surface area contributed by atoms with Crippen molar-refractivity contribution >= 4 is 11.6 Å². The first kappa shape index (κ1) is 14.0. The quantitative estimate of drug-likeness (QED) is 0.916. The van der Waals surface area contributed by atoms with Gasteiger partial charge in [-0.2, -0.15) is 0 Å². The number of benzene rings is 1. The first-order chi connectivity index (χ1) is 9.08. The molecule has 1 unspecified atom stereocenters. The molecule has 1 heterocycles. The van der Waals surface area contributed by atoms with Gasteiger partial charge in [0.2, 0.25) is 0 Å². The Morgan fingerprint density at radius 3 is 2.89 bits per heavy atom. The maximum absolute atomic E-state index is 13.6. The molecule has 2 N–H and O–H groups in total. The molecule has 0 spiro atoms. The lowest BCUT2D eigenvalue weighted by Gasteiger charge is -2.13. The highest BCUT2D eigenvalue weighted by molar-refractivity contribution is 6.31. The van der Waals surface area contributed by atoms with E-state index in [2.05, 4.69) is 4.98 Å². The van der Waals surface area contributed by atoms with Crippen molar-refractivity contribution in [3.63, 3.8) is 0 Å². The van der Waals surface area contributed by atoms with Crippen LogP contribution >= 0.6 is 11.6 Å². The minimum atomic E-state index is -0.292. The van der Waals surface area contributed by atoms with E-state index in [1.807, 2.05) is 17.8 Å². The van der Waals surface area contributed by atoms with Gasteiger partial charge in [0.1, 0.15) is 11.6 Å². The fourth-order valence-electron chi connectivity index (χ4n) is 2.04. The van der Waals surface area contributed by atoms with Gasteiger partial charge in [-0.1, -0.05) is 17.7 Å². The van der Waals surface area contributed by atoms with Gasteiger partial charge in [-0.3, -0.25) is 0 Å². The number of imidazole rings is 1. The van der Waals surface area contributed by atoms with Crippen LogP contribution in [0.3, 0.4) is 0 Å². The van der Waals surface area contributed by atoms with Crippen LogP contribution in [0.4, 0.5) is 4.39 Å². The van der Waals surface area contributed by atoms with E-state index in [0.29, 0.717) is 17.0 Å². The minimum absolute atomic E-state index is 0.133. The zero-order chi connectivity index (χ0) is 13.8. The third-order valence-corrected chi connectivity index (χ3v) is 3.54. The van der Waals surface area contributed by atoms with Crippen LogP contribution < -0.4 is 5.73 Å². The van der Waals surface area contributed by atoms with Gasteiger partial charge in [0.05, 0.1) is 0 Å². The van der Waals surface area contributed by atoms with Crippen molar-refractivity contribution in [3.8, 4) is 0 Å². The van der Waals surface area contributed by atoms with E-state index in [1.54, 1.807) is 18.3 Å². The number of hydrogen-bond donors (Lipinski definition) is 1. The summed E-state index contributed by atoms with van der Waals surface area (Å²) in [5.74, 6) is 0.690. The summed E-state index contributed by atoms with van der Waals surface area (Å²) in [6.07, 6.45) is 5.62. The van der Waals surface area contributed by atoms with E-state index in [0.717, 1.165) is 18.7 Å². The number of aryl methyl sites for hydroxylation is 2. The largest absolute Gasteiger partial charge is 0.338 e. The summed E-state index contributed by atoms with van der Waals surface area (Å²) in [6, 6.07) is 4.56. The zero-order valence-corrected chi connectivity index (χ0v) is 11.6. The Balaban J connectivity index is 1.94. The number of aromatic nitrogens is 2. The summed E-state index contributed by atoms with van der Waals surface area (Å²) in [5, 5.41) is 0.437. The molecule has 0 amide bonds. The first-order valence-corrected chi connectivity index (χ1v) is 6.60. The molecule has 0 bridgehead atoms. The third kappa shape index (κ3) is 3.55. The van der Waals surface area contributed by atoms with E-state index in [9.17, 15) is 4.39 Å². The molecule has 0 aliphatic carbocycles. The lowest BCUT2D eigenvalue weighted by molar-refractivity contribution is 0.557. The molecule has 0 radical (unpaired) electrons. The van der Waals surface area contributed by atoms with Crippen LogP contribution in [0.5, 0.6) is 0 Å². The molecule has 5 heteroatoms. The van der Waals surface area contributed by atoms with Gasteiger partial charge >= 0.3 is 0 Å². The SMILES string of the molecule is Cn1ccnc1CCC(N)Cc1c(F)cccc1Cl. The Kier molecular flexibility index (Phi) is 4.56. The number of halogens is 2. The lowest BCUT2D eigenvalue weighted by Crippen LogP contribution is -2.24. The number of nitrogens with zero attached hydrogens (tertiary/aromatic N) is 2. The zero-order valence-electron chi connectivity index (χ0n) is 10.8. The minimum Gasteiger partial charge on any atom is -0.338 e. The van der Waals surface area contributed by atoms with Crippen LogP contribution in [0.15, 0.2) is 30.6 Å². The average molecular weight is 282 g/mol. The fourth-order valence-corrected chi connectivity index (χ4v) is 2.28. The van der Waals surface area contributed by atoms with Crippen molar-refractivity contribution in [1.82, 2.24) is 9.55 Å². The molecule has 0 aliphatic heterocycles. The second-order valence-electron chi connectivity index (χ2n) is 4.66. The van der Waals surface area contributed by atoms with Crippen LogP contribution in [-0.4, -0.2) is 15.6 Å². The smallest absolute Gasteiger partial charge is 0.127 e. The summed E-state index contributed by atoms with van der Waals surface area (Å²) in [7, 11) is 1.95. The van der Waals surface area contributed by atoms with Crippen LogP contribution in [0.25, 0.3) is 0 Å². The molecule has 1 aromatic heterocycles. The predicted octanol–water partition coefficient (Wildman–Crippen LogP) is 2.72. The van der Waals surface area contributed by atoms with Crippen LogP contribution in [0.1, 0.15) is 17.8 Å². The maximum atomic E-state index is 13.6. The lowest BCUT2D eigenvalue weighted by atomic mass is 10.0. The molecule has 0 fully saturated rings. The number of hydrogen-bond acceptors (Lipinski definition) is 2. The molecule has 3 nitrogen and oxygen atoms in total. The highest BCUT2D eigenvalue weighted by atomic mass is 35.5. The van der Waals surface area contributed by atoms with Crippen LogP contribution in [-0.2, 0) is 19.9 Å². The van der Waals surface area contributed by atoms with Crippen LogP contribution in [0, 0.1) is 5.82 Å². The van der Waals surface area contributed by atoms with Crippen molar-refractivity contribution in [2.45, 2.75) is 25.3 Å². The molecule has 2 aromatic rings. The van der Waals surface area contributed by atoms with Gasteiger partial charge < -0.3 is 10.3 Å². The van der Waals surface area contributed by atoms with Crippen molar-refractivity contribution in [3.05, 3.63) is 52.8 Å². The van der Waals surface area contributed by atoms with Gasteiger partial charge in [0, 0.05) is 42.5 Å². The summed E-state index contributed by atoms with van der Waals surface area (Å²) in [4.78, 5) is 4.24. The normalized spacial score (nSPS) is 12.6. The molecule has 2 rings (SSSR count). The first-order valence-electron chi connectivity index (χ1n) is 6.22. The number of nitrogens with two attached hydrogens (primary N) is 1. The Morgan fingerprint density at radius 2 is 2.26 bits per heavy atom. The molecular formula is C14H17ClFN3. The average Bonchev–Trinajstić information content (AvgIpc) is 2.77. The standard InChI is InChI=1S/C14H17ClFN3/c1-19-8-7-18-14(19)6-5-10(17)9-11-12(15)3-2-4-13(11)16/h2-4,7-8,10H,5-6,9,17H2,1H3. The monoisotopic (exact) mass is 281 g/mol. The number of rotatable bonds is 5. The Labute approximate surface area is 117 Å². The van der Waals surface area contributed by atoms with Crippen LogP contribution in [0.2, 0.25) is 5.02 Å². The Bertz CT molecular complexity index is 533. The molecule has 1 atom stereocenters. The van der Waals surface area contributed by atoms with E-state index in [4.69, 9.17) is 17.3 Å². The topological polar surface area (TPSA) is 43.8 Å². The summed E-state index contributed by atoms with van der Waals surface area (Å²) >= 11 is 5.99. The van der Waals surface area contributed by atoms with E-state index in [1.165, 1.54) is 6.07 Å². The fraction of sp³-hybridized carbons (Fsp3) is 0.357. The second kappa shape index (κ2) is 6.17. The van der Waals surface area contributed by atoms with Gasteiger partial charge in [0.15, 0.2) is 0 Å². The molecule has 1 aromatic carbocycles. The molecule has 19 heavy (non-hydrogen) atoms. The molecule has 0 aliphatic rings. The van der Waals surface area contributed by atoms with Crippen molar-refractivity contribution in [2.75, 3.05) is 0 Å². The third-order valence-electron chi connectivity index (χ3n) is 3.19. The summed E-state index contributed by atoms with van der Waals surface area (Å²) in [6.45, 7) is 0. The van der Waals surface area contributed by atoms with Gasteiger partial charge in [-0.05, 0) is 25.0 Å². The molecule has 102 valence electrons. The second-order valence-corrected chi connectivity index (χ2v) is 5.06. The van der Waals surface area contributed by atoms with Crippen molar-refractivity contribution < 1.29 is 4.39 Å². The highest BCUT2D eigenvalue weighted by Crippen LogP contribution is 2.21. The Morgan fingerprint density at radius 1 is 1.47 bits per heavy atom. The molecule has 0 saturated carbocycles. The molecule has 0 saturated heterocycles.